The van der Waals surface area contributed by atoms with E-state index in [2.05, 4.69) is 0 Å². The molecule has 0 aromatic heterocycles. The molecule has 7 nitrogen and oxygen atoms in total. The van der Waals surface area contributed by atoms with Gasteiger partial charge in [0, 0.05) is 48.2 Å². The molecular weight excluding hydrogens is 376 g/mol. The number of hydrogen-bond acceptors (Lipinski definition) is 7. The average Bonchev–Trinajstić information content (AvgIpc) is 3.24. The van der Waals surface area contributed by atoms with Crippen LogP contribution in [0.15, 0.2) is 11.1 Å². The Bertz CT molecular complexity index is 872. The number of epoxide rings is 1. The molecule has 3 saturated carbocycles. The number of carbonyl (C=O) groups excluding carboxylic acids is 3. The minimum atomic E-state index is -0.843. The van der Waals surface area contributed by atoms with Gasteiger partial charge in [-0.15, -0.1) is 0 Å². The number of aliphatic hydroxyl groups excluding tert-OH is 1. The Morgan fingerprint density at radius 3 is 2.59 bits per heavy atom. The van der Waals surface area contributed by atoms with Crippen LogP contribution in [0.3, 0.4) is 0 Å². The Balaban J connectivity index is 1.65. The monoisotopic (exact) mass is 404 g/mol. The van der Waals surface area contributed by atoms with Crippen LogP contribution in [0.2, 0.25) is 0 Å². The minimum Gasteiger partial charge on any atom is -0.462 e. The third-order valence-electron chi connectivity index (χ3n) is 8.60. The Hall–Kier alpha value is -1.73. The first-order valence-corrected chi connectivity index (χ1v) is 10.4. The van der Waals surface area contributed by atoms with Crippen LogP contribution in [0.4, 0.5) is 0 Å². The predicted octanol–water partition coefficient (Wildman–Crippen LogP) is 1.70. The fourth-order valence-corrected chi connectivity index (χ4v) is 7.26. The third kappa shape index (κ3) is 2.18. The van der Waals surface area contributed by atoms with Crippen molar-refractivity contribution in [2.45, 2.75) is 83.9 Å². The number of esters is 2. The van der Waals surface area contributed by atoms with E-state index >= 15 is 0 Å². The SMILES string of the molecule is CC(=O)O[C@@H]1C[C@@]23O[C@@H]2C2=C(C)C(=O)O[C@@H]2C[C@H]3[C@]2(C)C(=O)C[C@H](O)C(C)(C)[C@@H]12. The van der Waals surface area contributed by atoms with E-state index < -0.39 is 34.6 Å². The molecule has 1 saturated heterocycles. The maximum Gasteiger partial charge on any atom is 0.334 e. The van der Waals surface area contributed by atoms with Crippen LogP contribution in [0.25, 0.3) is 0 Å². The number of ketones is 1. The molecule has 1 spiro atoms. The first-order chi connectivity index (χ1) is 13.4. The van der Waals surface area contributed by atoms with E-state index in [9.17, 15) is 19.5 Å². The molecule has 8 atom stereocenters. The molecule has 4 fully saturated rings. The molecule has 29 heavy (non-hydrogen) atoms. The van der Waals surface area contributed by atoms with Crippen molar-refractivity contribution < 1.29 is 33.7 Å². The molecule has 3 aliphatic carbocycles. The molecule has 2 aliphatic heterocycles. The van der Waals surface area contributed by atoms with Gasteiger partial charge in [0.25, 0.3) is 0 Å². The topological polar surface area (TPSA) is 102 Å². The summed E-state index contributed by atoms with van der Waals surface area (Å²) in [6.45, 7) is 8.96. The number of rotatable bonds is 1. The van der Waals surface area contributed by atoms with E-state index in [0.717, 1.165) is 5.57 Å². The summed E-state index contributed by atoms with van der Waals surface area (Å²) in [5, 5.41) is 10.7. The number of Topliss-reactive ketones (excluding diaryl/α,β-unsaturated/α-hetero) is 1. The smallest absolute Gasteiger partial charge is 0.334 e. The maximum absolute atomic E-state index is 13.4. The van der Waals surface area contributed by atoms with E-state index in [1.807, 2.05) is 20.8 Å². The van der Waals surface area contributed by atoms with Gasteiger partial charge in [0.05, 0.1) is 6.10 Å². The van der Waals surface area contributed by atoms with Gasteiger partial charge in [-0.3, -0.25) is 9.59 Å². The second-order valence-electron chi connectivity index (χ2n) is 10.3. The van der Waals surface area contributed by atoms with Gasteiger partial charge >= 0.3 is 11.9 Å². The lowest BCUT2D eigenvalue weighted by Crippen LogP contribution is -2.68. The molecular formula is C22H28O7. The quantitative estimate of drug-likeness (QED) is 0.524. The van der Waals surface area contributed by atoms with Gasteiger partial charge in [0.2, 0.25) is 0 Å². The highest BCUT2D eigenvalue weighted by atomic mass is 16.6. The van der Waals surface area contributed by atoms with Crippen molar-refractivity contribution >= 4 is 17.7 Å². The van der Waals surface area contributed by atoms with Crippen molar-refractivity contribution in [1.82, 2.24) is 0 Å². The maximum atomic E-state index is 13.4. The zero-order valence-electron chi connectivity index (χ0n) is 17.5. The normalized spacial score (nSPS) is 49.4. The number of carbonyl (C=O) groups is 3. The lowest BCUT2D eigenvalue weighted by Gasteiger charge is -2.61. The molecule has 0 aromatic carbocycles. The number of ether oxygens (including phenoxy) is 3. The second-order valence-corrected chi connectivity index (χ2v) is 10.3. The first-order valence-electron chi connectivity index (χ1n) is 10.4. The molecule has 1 N–H and O–H groups in total. The van der Waals surface area contributed by atoms with Gasteiger partial charge < -0.3 is 19.3 Å². The molecule has 2 heterocycles. The van der Waals surface area contributed by atoms with E-state index in [4.69, 9.17) is 14.2 Å². The van der Waals surface area contributed by atoms with Crippen molar-refractivity contribution in [2.24, 2.45) is 22.7 Å². The lowest BCUT2D eigenvalue weighted by molar-refractivity contribution is -0.213. The fourth-order valence-electron chi connectivity index (χ4n) is 7.26. The van der Waals surface area contributed by atoms with Crippen molar-refractivity contribution in [3.05, 3.63) is 11.1 Å². The molecule has 5 aliphatic rings. The molecule has 5 rings (SSSR count). The van der Waals surface area contributed by atoms with Crippen molar-refractivity contribution in [1.29, 1.82) is 0 Å². The Labute approximate surface area is 169 Å². The van der Waals surface area contributed by atoms with Gasteiger partial charge in [0.1, 0.15) is 29.7 Å². The van der Waals surface area contributed by atoms with Crippen LogP contribution in [-0.2, 0) is 28.6 Å². The summed E-state index contributed by atoms with van der Waals surface area (Å²) in [5.74, 6) is -1.27. The van der Waals surface area contributed by atoms with Gasteiger partial charge in [-0.25, -0.2) is 4.79 Å². The third-order valence-corrected chi connectivity index (χ3v) is 8.60. The average molecular weight is 404 g/mol. The summed E-state index contributed by atoms with van der Waals surface area (Å²) in [6.07, 6.45) is -0.939. The highest BCUT2D eigenvalue weighted by molar-refractivity contribution is 5.93. The zero-order chi connectivity index (χ0) is 21.1. The van der Waals surface area contributed by atoms with Crippen molar-refractivity contribution in [2.75, 3.05) is 0 Å². The molecule has 7 heteroatoms. The summed E-state index contributed by atoms with van der Waals surface area (Å²) in [6, 6.07) is 0. The fraction of sp³-hybridized carbons (Fsp3) is 0.773. The van der Waals surface area contributed by atoms with Crippen LogP contribution in [0.5, 0.6) is 0 Å². The molecule has 0 amide bonds. The van der Waals surface area contributed by atoms with Crippen LogP contribution < -0.4 is 0 Å². The first kappa shape index (κ1) is 19.2. The highest BCUT2D eigenvalue weighted by Gasteiger charge is 2.79. The van der Waals surface area contributed by atoms with E-state index in [1.165, 1.54) is 6.92 Å². The van der Waals surface area contributed by atoms with Crippen molar-refractivity contribution in [3.63, 3.8) is 0 Å². The molecule has 0 bridgehead atoms. The second kappa shape index (κ2) is 5.49. The van der Waals surface area contributed by atoms with Gasteiger partial charge in [-0.05, 0) is 18.8 Å². The summed E-state index contributed by atoms with van der Waals surface area (Å²) < 4.78 is 17.6. The van der Waals surface area contributed by atoms with Crippen molar-refractivity contribution in [3.8, 4) is 0 Å². The Morgan fingerprint density at radius 1 is 1.24 bits per heavy atom. The van der Waals surface area contributed by atoms with Crippen LogP contribution in [0, 0.1) is 22.7 Å². The lowest BCUT2D eigenvalue weighted by atomic mass is 9.42. The summed E-state index contributed by atoms with van der Waals surface area (Å²) in [7, 11) is 0. The van der Waals surface area contributed by atoms with Gasteiger partial charge in [-0.2, -0.15) is 0 Å². The van der Waals surface area contributed by atoms with Gasteiger partial charge in [0.15, 0.2) is 0 Å². The molecule has 0 aromatic rings. The van der Waals surface area contributed by atoms with Crippen LogP contribution >= 0.6 is 0 Å². The standard InChI is InChI=1S/C22H28O7/c1-9-16-11(28-19(9)26)6-13-21(5)15(25)7-14(24)20(3,4)17(21)12(27-10(2)23)8-22(13)18(16)29-22/h11-14,17-18,24H,6-8H2,1-5H3/t11-,12-,13+,14+,17-,18-,21-,22+/m1/s1. The number of hydrogen-bond donors (Lipinski definition) is 1. The van der Waals surface area contributed by atoms with E-state index in [0.29, 0.717) is 18.4 Å². The van der Waals surface area contributed by atoms with E-state index in [-0.39, 0.29) is 42.2 Å². The molecule has 0 radical (unpaired) electrons. The summed E-state index contributed by atoms with van der Waals surface area (Å²) in [5.41, 5.74) is -0.604. The largest absolute Gasteiger partial charge is 0.462 e. The van der Waals surface area contributed by atoms with E-state index in [1.54, 1.807) is 6.92 Å². The molecule has 158 valence electrons. The molecule has 0 unspecified atom stereocenters. The van der Waals surface area contributed by atoms with Crippen LogP contribution in [0.1, 0.15) is 53.9 Å². The summed E-state index contributed by atoms with van der Waals surface area (Å²) >= 11 is 0. The highest BCUT2D eigenvalue weighted by Crippen LogP contribution is 2.71. The van der Waals surface area contributed by atoms with Gasteiger partial charge in [-0.1, -0.05) is 20.8 Å². The summed E-state index contributed by atoms with van der Waals surface area (Å²) in [4.78, 5) is 37.6. The van der Waals surface area contributed by atoms with Crippen LogP contribution in [-0.4, -0.2) is 52.8 Å². The minimum absolute atomic E-state index is 0.0294. The predicted molar refractivity (Wildman–Crippen MR) is 99.5 cm³/mol. The number of aliphatic hydroxyl groups is 1. The Morgan fingerprint density at radius 2 is 1.93 bits per heavy atom. The zero-order valence-corrected chi connectivity index (χ0v) is 17.5. The number of fused-ring (bicyclic) bond motifs is 4. The Kier molecular flexibility index (Phi) is 3.64.